The molecule has 1 aliphatic rings. The van der Waals surface area contributed by atoms with Gasteiger partial charge in [-0.05, 0) is 12.0 Å². The second-order valence-corrected chi connectivity index (χ2v) is 4.66. The molecule has 1 aromatic carbocycles. The normalized spacial score (nSPS) is 14.5. The summed E-state index contributed by atoms with van der Waals surface area (Å²) in [7, 11) is 0. The number of aromatic nitrogens is 2. The molecule has 1 aromatic heterocycles. The third kappa shape index (κ3) is 2.43. The van der Waals surface area contributed by atoms with Crippen molar-refractivity contribution in [3.8, 4) is 17.0 Å². The topological polar surface area (TPSA) is 87.7 Å². The van der Waals surface area contributed by atoms with Crippen LogP contribution in [0, 0.1) is 0 Å². The van der Waals surface area contributed by atoms with Crippen molar-refractivity contribution in [2.45, 2.75) is 12.8 Å². The van der Waals surface area contributed by atoms with Crippen molar-refractivity contribution in [3.63, 3.8) is 0 Å². The Labute approximate surface area is 120 Å². The van der Waals surface area contributed by atoms with E-state index in [0.717, 1.165) is 5.56 Å². The zero-order valence-corrected chi connectivity index (χ0v) is 11.1. The first-order valence-corrected chi connectivity index (χ1v) is 6.48. The summed E-state index contributed by atoms with van der Waals surface area (Å²) in [5.41, 5.74) is 1.74. The Hall–Kier alpha value is -2.89. The van der Waals surface area contributed by atoms with Gasteiger partial charge in [-0.25, -0.2) is 9.79 Å². The molecule has 2 N–H and O–H groups in total. The molecule has 2 aromatic rings. The predicted molar refractivity (Wildman–Crippen MR) is 77.1 cm³/mol. The number of carbonyl (C=O) groups is 1. The Morgan fingerprint density at radius 1 is 1.19 bits per heavy atom. The Balaban J connectivity index is 1.96. The van der Waals surface area contributed by atoms with Crippen LogP contribution >= 0.6 is 0 Å². The molecule has 3 rings (SSSR count). The third-order valence-corrected chi connectivity index (χ3v) is 3.34. The lowest BCUT2D eigenvalue weighted by Crippen LogP contribution is -2.17. The lowest BCUT2D eigenvalue weighted by molar-refractivity contribution is -0.132. The Morgan fingerprint density at radius 3 is 2.57 bits per heavy atom. The standard InChI is InChI=1S/C15H13N3O3/c19-14-12(10-4-2-1-3-5-10)9-17-18(14)13-7-6-11(8-16-13)15(20)21/h1-5,8-9,19H,6-7H2,(H,20,21). The highest BCUT2D eigenvalue weighted by Crippen LogP contribution is 2.29. The molecule has 0 aliphatic carbocycles. The molecule has 21 heavy (non-hydrogen) atoms. The van der Waals surface area contributed by atoms with Crippen molar-refractivity contribution in [1.82, 2.24) is 9.78 Å². The fourth-order valence-electron chi connectivity index (χ4n) is 2.20. The van der Waals surface area contributed by atoms with Gasteiger partial charge in [0.2, 0.25) is 5.88 Å². The average molecular weight is 283 g/mol. The van der Waals surface area contributed by atoms with Crippen molar-refractivity contribution in [1.29, 1.82) is 0 Å². The van der Waals surface area contributed by atoms with Crippen LogP contribution in [0.4, 0.5) is 0 Å². The van der Waals surface area contributed by atoms with Gasteiger partial charge in [-0.3, -0.25) is 0 Å². The third-order valence-electron chi connectivity index (χ3n) is 3.34. The highest BCUT2D eigenvalue weighted by molar-refractivity contribution is 5.93. The minimum atomic E-state index is -0.965. The molecule has 106 valence electrons. The molecule has 0 atom stereocenters. The molecule has 0 saturated heterocycles. The lowest BCUT2D eigenvalue weighted by atomic mass is 10.1. The van der Waals surface area contributed by atoms with Crippen molar-refractivity contribution in [2.24, 2.45) is 4.99 Å². The number of rotatable bonds is 2. The van der Waals surface area contributed by atoms with E-state index in [9.17, 15) is 9.90 Å². The molecule has 6 heteroatoms. The fourth-order valence-corrected chi connectivity index (χ4v) is 2.20. The van der Waals surface area contributed by atoms with E-state index >= 15 is 0 Å². The van der Waals surface area contributed by atoms with E-state index in [1.165, 1.54) is 10.9 Å². The van der Waals surface area contributed by atoms with Crippen molar-refractivity contribution < 1.29 is 15.0 Å². The van der Waals surface area contributed by atoms with E-state index in [1.807, 2.05) is 30.3 Å². The maximum Gasteiger partial charge on any atom is 0.333 e. The summed E-state index contributed by atoms with van der Waals surface area (Å²) >= 11 is 0. The molecular formula is C15H13N3O3. The number of aliphatic imine (C=N–C) groups is 1. The van der Waals surface area contributed by atoms with Crippen LogP contribution in [0.25, 0.3) is 11.1 Å². The van der Waals surface area contributed by atoms with Gasteiger partial charge in [-0.15, -0.1) is 0 Å². The number of aliphatic carboxylic acids is 1. The number of nitrogens with zero attached hydrogens (tertiary/aromatic N) is 3. The fraction of sp³-hybridized carbons (Fsp3) is 0.133. The molecular weight excluding hydrogens is 270 g/mol. The van der Waals surface area contributed by atoms with Gasteiger partial charge in [0.05, 0.1) is 17.3 Å². The van der Waals surface area contributed by atoms with Crippen LogP contribution in [-0.2, 0) is 4.79 Å². The van der Waals surface area contributed by atoms with Crippen LogP contribution in [0.1, 0.15) is 12.8 Å². The highest BCUT2D eigenvalue weighted by atomic mass is 16.4. The first kappa shape index (κ1) is 13.1. The molecule has 0 saturated carbocycles. The number of aromatic hydroxyl groups is 1. The van der Waals surface area contributed by atoms with E-state index in [-0.39, 0.29) is 11.5 Å². The van der Waals surface area contributed by atoms with Gasteiger partial charge in [0.15, 0.2) is 0 Å². The van der Waals surface area contributed by atoms with E-state index in [1.54, 1.807) is 6.20 Å². The molecule has 2 heterocycles. The molecule has 0 spiro atoms. The Bertz CT molecular complexity index is 745. The van der Waals surface area contributed by atoms with Crippen molar-refractivity contribution in [2.75, 3.05) is 0 Å². The SMILES string of the molecule is O=C(O)C1=CN=C(n2ncc(-c3ccccc3)c2O)CC1. The predicted octanol–water partition coefficient (Wildman–Crippen LogP) is 2.26. The molecule has 6 nitrogen and oxygen atoms in total. The van der Waals surface area contributed by atoms with E-state index in [2.05, 4.69) is 10.1 Å². The van der Waals surface area contributed by atoms with Gasteiger partial charge in [-0.2, -0.15) is 9.78 Å². The first-order valence-electron chi connectivity index (χ1n) is 6.48. The first-order chi connectivity index (χ1) is 10.2. The van der Waals surface area contributed by atoms with Crippen LogP contribution in [0.2, 0.25) is 0 Å². The second kappa shape index (κ2) is 5.24. The molecule has 1 aliphatic heterocycles. The summed E-state index contributed by atoms with van der Waals surface area (Å²) in [6.07, 6.45) is 3.67. The average Bonchev–Trinajstić information content (AvgIpc) is 2.90. The van der Waals surface area contributed by atoms with Gasteiger partial charge < -0.3 is 10.2 Å². The van der Waals surface area contributed by atoms with Crippen LogP contribution in [0.15, 0.2) is 53.3 Å². The summed E-state index contributed by atoms with van der Waals surface area (Å²) < 4.78 is 1.34. The van der Waals surface area contributed by atoms with Gasteiger partial charge in [-0.1, -0.05) is 30.3 Å². The largest absolute Gasteiger partial charge is 0.493 e. The minimum absolute atomic E-state index is 0.00660. The van der Waals surface area contributed by atoms with Gasteiger partial charge >= 0.3 is 5.97 Å². The van der Waals surface area contributed by atoms with Gasteiger partial charge in [0.25, 0.3) is 0 Å². The molecule has 0 unspecified atom stereocenters. The van der Waals surface area contributed by atoms with E-state index in [4.69, 9.17) is 5.11 Å². The number of hydrogen-bond acceptors (Lipinski definition) is 4. The number of carboxylic acids is 1. The Kier molecular flexibility index (Phi) is 3.27. The monoisotopic (exact) mass is 283 g/mol. The maximum absolute atomic E-state index is 10.8. The van der Waals surface area contributed by atoms with Crippen molar-refractivity contribution >= 4 is 11.8 Å². The van der Waals surface area contributed by atoms with Crippen LogP contribution in [0.3, 0.4) is 0 Å². The Morgan fingerprint density at radius 2 is 1.95 bits per heavy atom. The summed E-state index contributed by atoms with van der Waals surface area (Å²) in [5, 5.41) is 23.3. The zero-order chi connectivity index (χ0) is 14.8. The van der Waals surface area contributed by atoms with Crippen LogP contribution < -0.4 is 0 Å². The van der Waals surface area contributed by atoms with Crippen LogP contribution in [0.5, 0.6) is 5.88 Å². The van der Waals surface area contributed by atoms with Gasteiger partial charge in [0.1, 0.15) is 5.84 Å². The van der Waals surface area contributed by atoms with Gasteiger partial charge in [0, 0.05) is 12.6 Å². The number of carboxylic acid groups (broad SMARTS) is 1. The molecule has 0 amide bonds. The number of hydrogen-bond donors (Lipinski definition) is 2. The molecule has 0 radical (unpaired) electrons. The zero-order valence-electron chi connectivity index (χ0n) is 11.1. The number of benzene rings is 1. The summed E-state index contributed by atoms with van der Waals surface area (Å²) in [6.45, 7) is 0. The summed E-state index contributed by atoms with van der Waals surface area (Å²) in [6, 6.07) is 9.42. The summed E-state index contributed by atoms with van der Waals surface area (Å²) in [5.74, 6) is -0.431. The maximum atomic E-state index is 10.8. The molecule has 0 bridgehead atoms. The minimum Gasteiger partial charge on any atom is -0.493 e. The smallest absolute Gasteiger partial charge is 0.333 e. The lowest BCUT2D eigenvalue weighted by Gasteiger charge is -2.11. The summed E-state index contributed by atoms with van der Waals surface area (Å²) in [4.78, 5) is 14.9. The molecule has 0 fully saturated rings. The van der Waals surface area contributed by atoms with Crippen molar-refractivity contribution in [3.05, 3.63) is 48.3 Å². The van der Waals surface area contributed by atoms with E-state index < -0.39 is 5.97 Å². The van der Waals surface area contributed by atoms with E-state index in [0.29, 0.717) is 24.2 Å². The van der Waals surface area contributed by atoms with Crippen LogP contribution in [-0.4, -0.2) is 31.8 Å². The second-order valence-electron chi connectivity index (χ2n) is 4.66. The quantitative estimate of drug-likeness (QED) is 0.885. The highest BCUT2D eigenvalue weighted by Gasteiger charge is 2.19.